The number of carbonyl (C=O) groups is 4. The van der Waals surface area contributed by atoms with E-state index in [0.717, 1.165) is 114 Å². The van der Waals surface area contributed by atoms with Crippen LogP contribution in [0.1, 0.15) is 338 Å². The van der Waals surface area contributed by atoms with Gasteiger partial charge in [-0.3, -0.25) is 37.3 Å². The number of phosphoric acid groups is 2. The van der Waals surface area contributed by atoms with E-state index >= 15 is 0 Å². The molecule has 0 saturated carbocycles. The van der Waals surface area contributed by atoms with Crippen molar-refractivity contribution in [2.75, 3.05) is 39.6 Å². The predicted octanol–water partition coefficient (Wildman–Crippen LogP) is 19.3. The molecule has 88 heavy (non-hydrogen) atoms. The maximum absolute atomic E-state index is 13.0. The first-order valence-corrected chi connectivity index (χ1v) is 38.7. The Bertz CT molecular complexity index is 1750. The van der Waals surface area contributed by atoms with Gasteiger partial charge in [0, 0.05) is 25.7 Å². The number of phosphoric ester groups is 2. The van der Waals surface area contributed by atoms with E-state index in [-0.39, 0.29) is 25.7 Å². The molecule has 0 amide bonds. The fourth-order valence-electron chi connectivity index (χ4n) is 10.3. The summed E-state index contributed by atoms with van der Waals surface area (Å²) in [5, 5.41) is 10.6. The lowest BCUT2D eigenvalue weighted by atomic mass is 10.00. The molecule has 0 spiro atoms. The number of ether oxygens (including phenoxy) is 4. The molecule has 0 fully saturated rings. The van der Waals surface area contributed by atoms with Gasteiger partial charge in [-0.2, -0.15) is 0 Å². The Morgan fingerprint density at radius 2 is 0.545 bits per heavy atom. The van der Waals surface area contributed by atoms with Gasteiger partial charge in [0.15, 0.2) is 12.2 Å². The lowest BCUT2D eigenvalue weighted by Gasteiger charge is -2.21. The van der Waals surface area contributed by atoms with Gasteiger partial charge in [-0.25, -0.2) is 9.13 Å². The van der Waals surface area contributed by atoms with Crippen LogP contribution in [0.2, 0.25) is 0 Å². The second kappa shape index (κ2) is 58.8. The summed E-state index contributed by atoms with van der Waals surface area (Å²) in [5.41, 5.74) is 0. The number of aliphatic hydroxyl groups is 1. The van der Waals surface area contributed by atoms with Gasteiger partial charge in [0.05, 0.1) is 26.4 Å². The Kier molecular flexibility index (Phi) is 57.6. The monoisotopic (exact) mass is 1300 g/mol. The molecule has 0 aliphatic rings. The Labute approximate surface area is 537 Å². The summed E-state index contributed by atoms with van der Waals surface area (Å²) < 4.78 is 68.1. The number of hydrogen-bond donors (Lipinski definition) is 3. The van der Waals surface area contributed by atoms with Crippen LogP contribution in [-0.2, 0) is 65.4 Å². The van der Waals surface area contributed by atoms with E-state index in [1.807, 2.05) is 0 Å². The van der Waals surface area contributed by atoms with Crippen molar-refractivity contribution in [1.29, 1.82) is 0 Å². The highest BCUT2D eigenvalue weighted by molar-refractivity contribution is 7.47. The molecule has 0 heterocycles. The highest BCUT2D eigenvalue weighted by Gasteiger charge is 2.30. The summed E-state index contributed by atoms with van der Waals surface area (Å²) >= 11 is 0. The summed E-state index contributed by atoms with van der Waals surface area (Å²) in [6.45, 7) is 14.0. The van der Waals surface area contributed by atoms with Crippen LogP contribution >= 0.6 is 15.6 Å². The Balaban J connectivity index is 5.17. The van der Waals surface area contributed by atoms with Gasteiger partial charge in [0.2, 0.25) is 0 Å². The number of hydrogen-bond acceptors (Lipinski definition) is 15. The van der Waals surface area contributed by atoms with E-state index in [9.17, 15) is 43.2 Å². The number of aliphatic hydroxyl groups excluding tert-OH is 1. The van der Waals surface area contributed by atoms with E-state index in [0.29, 0.717) is 31.6 Å². The van der Waals surface area contributed by atoms with Crippen molar-refractivity contribution >= 4 is 39.5 Å². The number of unbranched alkanes of at least 4 members (excludes halogenated alkanes) is 31. The van der Waals surface area contributed by atoms with Crippen LogP contribution in [0.5, 0.6) is 0 Å². The zero-order valence-electron chi connectivity index (χ0n) is 57.3. The van der Waals surface area contributed by atoms with Crippen molar-refractivity contribution in [2.24, 2.45) is 23.7 Å². The topological polar surface area (TPSA) is 237 Å². The lowest BCUT2D eigenvalue weighted by Crippen LogP contribution is -2.30. The number of esters is 4. The van der Waals surface area contributed by atoms with Crippen LogP contribution in [0.4, 0.5) is 0 Å². The van der Waals surface area contributed by atoms with Crippen molar-refractivity contribution < 1.29 is 80.2 Å². The average molecular weight is 1300 g/mol. The van der Waals surface area contributed by atoms with Crippen molar-refractivity contribution in [2.45, 2.75) is 356 Å². The zero-order chi connectivity index (χ0) is 65.4. The standard InChI is InChI=1S/C69H134O17P2/c1-9-62(8)48-40-32-26-28-34-42-50-67(72)80-56-64(85-68(73)51-43-35-24-20-19-22-30-38-46-60(4)5)57-83-87(75,76)81-53-63(70)54-82-88(77,78)84-58-65(86-69(74)52-44-36-27-25-31-39-47-61(6)7)55-79-66(71)49-41-33-23-18-16-14-12-10-11-13-15-17-21-29-37-45-59(2)3/h59-65,70H,9-58H2,1-8H3,(H,75,76)(H,77,78)/t62?,63-,64+,65+/m0/s1. The number of rotatable bonds is 66. The Hall–Kier alpha value is -1.94. The minimum Gasteiger partial charge on any atom is -0.462 e. The van der Waals surface area contributed by atoms with Gasteiger partial charge < -0.3 is 33.8 Å². The predicted molar refractivity (Wildman–Crippen MR) is 354 cm³/mol. The normalized spacial score (nSPS) is 14.6. The summed E-state index contributed by atoms with van der Waals surface area (Å²) in [6.07, 6.45) is 40.7. The molecular weight excluding hydrogens is 1160 g/mol. The SMILES string of the molecule is CCC(C)CCCCCCCCC(=O)OC[C@H](COP(=O)(O)OC[C@H](O)COP(=O)(O)OC[C@@H](COC(=O)CCCCCCCCCCCCCCCCCC(C)C)OC(=O)CCCCCCCCC(C)C)OC(=O)CCCCCCCCCCC(C)C. The second-order valence-corrected chi connectivity index (χ2v) is 29.5. The van der Waals surface area contributed by atoms with Gasteiger partial charge in [0.1, 0.15) is 19.3 Å². The Morgan fingerprint density at radius 1 is 0.318 bits per heavy atom. The fourth-order valence-corrected chi connectivity index (χ4v) is 11.9. The third kappa shape index (κ3) is 61.6. The number of carbonyl (C=O) groups excluding carboxylic acids is 4. The van der Waals surface area contributed by atoms with E-state index in [1.165, 1.54) is 135 Å². The van der Waals surface area contributed by atoms with Crippen molar-refractivity contribution in [3.63, 3.8) is 0 Å². The molecule has 3 unspecified atom stereocenters. The van der Waals surface area contributed by atoms with Crippen molar-refractivity contribution in [3.8, 4) is 0 Å². The molecule has 522 valence electrons. The van der Waals surface area contributed by atoms with E-state index in [2.05, 4.69) is 55.4 Å². The zero-order valence-corrected chi connectivity index (χ0v) is 59.1. The van der Waals surface area contributed by atoms with Crippen molar-refractivity contribution in [1.82, 2.24) is 0 Å². The lowest BCUT2D eigenvalue weighted by molar-refractivity contribution is -0.161. The van der Waals surface area contributed by atoms with Crippen molar-refractivity contribution in [3.05, 3.63) is 0 Å². The smallest absolute Gasteiger partial charge is 0.462 e. The molecule has 0 aliphatic carbocycles. The van der Waals surface area contributed by atoms with Crippen LogP contribution < -0.4 is 0 Å². The Morgan fingerprint density at radius 3 is 0.807 bits per heavy atom. The van der Waals surface area contributed by atoms with Crippen LogP contribution in [0.3, 0.4) is 0 Å². The molecule has 0 aromatic carbocycles. The molecule has 0 aromatic rings. The van der Waals surface area contributed by atoms with Gasteiger partial charge in [-0.05, 0) is 49.4 Å². The highest BCUT2D eigenvalue weighted by atomic mass is 31.2. The van der Waals surface area contributed by atoms with E-state index in [4.69, 9.17) is 37.0 Å². The highest BCUT2D eigenvalue weighted by Crippen LogP contribution is 2.45. The van der Waals surface area contributed by atoms with E-state index < -0.39 is 97.5 Å². The van der Waals surface area contributed by atoms with Crippen LogP contribution in [0.25, 0.3) is 0 Å². The molecule has 0 rings (SSSR count). The van der Waals surface area contributed by atoms with Crippen LogP contribution in [0, 0.1) is 23.7 Å². The summed E-state index contributed by atoms with van der Waals surface area (Å²) in [7, 11) is -9.90. The maximum Gasteiger partial charge on any atom is 0.472 e. The van der Waals surface area contributed by atoms with Gasteiger partial charge in [-0.15, -0.1) is 0 Å². The first kappa shape index (κ1) is 86.1. The third-order valence-corrected chi connectivity index (χ3v) is 18.1. The molecule has 0 saturated heterocycles. The summed E-state index contributed by atoms with van der Waals surface area (Å²) in [5.74, 6) is 0.787. The first-order valence-electron chi connectivity index (χ1n) is 35.7. The van der Waals surface area contributed by atoms with Crippen LogP contribution in [0.15, 0.2) is 0 Å². The quantitative estimate of drug-likeness (QED) is 0.0222. The molecule has 19 heteroatoms. The van der Waals surface area contributed by atoms with Crippen LogP contribution in [-0.4, -0.2) is 96.7 Å². The largest absolute Gasteiger partial charge is 0.472 e. The molecule has 17 nitrogen and oxygen atoms in total. The fraction of sp³-hybridized carbons (Fsp3) is 0.942. The second-order valence-electron chi connectivity index (χ2n) is 26.6. The third-order valence-electron chi connectivity index (χ3n) is 16.2. The molecule has 3 N–H and O–H groups in total. The average Bonchev–Trinajstić information content (AvgIpc) is 3.59. The molecule has 0 radical (unpaired) electrons. The minimum atomic E-state index is -4.95. The maximum atomic E-state index is 13.0. The van der Waals surface area contributed by atoms with E-state index in [1.54, 1.807) is 0 Å². The summed E-state index contributed by atoms with van der Waals surface area (Å²) in [4.78, 5) is 72.4. The molecule has 0 aliphatic heterocycles. The summed E-state index contributed by atoms with van der Waals surface area (Å²) in [6, 6.07) is 0. The van der Waals surface area contributed by atoms with Gasteiger partial charge in [-0.1, -0.05) is 287 Å². The van der Waals surface area contributed by atoms with Gasteiger partial charge >= 0.3 is 39.5 Å². The molecule has 6 atom stereocenters. The molecule has 0 bridgehead atoms. The first-order chi connectivity index (χ1) is 42.1. The molecular formula is C69H134O17P2. The minimum absolute atomic E-state index is 0.102. The molecule has 0 aromatic heterocycles. The van der Waals surface area contributed by atoms with Gasteiger partial charge in [0.25, 0.3) is 0 Å².